The Kier molecular flexibility index (Phi) is 6.79. The quantitative estimate of drug-likeness (QED) is 0.781. The molecule has 1 N–H and O–H groups in total. The highest BCUT2D eigenvalue weighted by Gasteiger charge is 2.16. The largest absolute Gasteiger partial charge is 0.497 e. The number of benzene rings is 2. The van der Waals surface area contributed by atoms with Crippen molar-refractivity contribution in [3.05, 3.63) is 52.0 Å². The van der Waals surface area contributed by atoms with E-state index in [1.165, 1.54) is 0 Å². The van der Waals surface area contributed by atoms with Crippen LogP contribution in [0.1, 0.15) is 12.5 Å². The van der Waals surface area contributed by atoms with Gasteiger partial charge in [0.25, 0.3) is 5.91 Å². The summed E-state index contributed by atoms with van der Waals surface area (Å²) in [4.78, 5) is 12.2. The summed E-state index contributed by atoms with van der Waals surface area (Å²) in [5, 5.41) is 3.66. The Hall–Kier alpha value is -2.11. The Morgan fingerprint density at radius 3 is 2.28 bits per heavy atom. The maximum atomic E-state index is 12.2. The highest BCUT2D eigenvalue weighted by Crippen LogP contribution is 2.28. The lowest BCUT2D eigenvalue weighted by Gasteiger charge is -2.16. The Labute approximate surface area is 156 Å². The molecule has 1 atom stereocenters. The molecule has 7 heteroatoms. The first-order valence-electron chi connectivity index (χ1n) is 7.54. The molecule has 0 fully saturated rings. The van der Waals surface area contributed by atoms with E-state index in [4.69, 9.17) is 37.4 Å². The molecule has 2 aromatic rings. The number of carbonyl (C=O) groups excluding carboxylic acids is 1. The first kappa shape index (κ1) is 19.2. The zero-order valence-electron chi connectivity index (χ0n) is 14.1. The fourth-order valence-corrected chi connectivity index (χ4v) is 2.57. The third-order valence-electron chi connectivity index (χ3n) is 3.44. The zero-order valence-corrected chi connectivity index (χ0v) is 15.6. The lowest BCUT2D eigenvalue weighted by atomic mass is 10.2. The summed E-state index contributed by atoms with van der Waals surface area (Å²) in [5.41, 5.74) is 0.848. The van der Waals surface area contributed by atoms with Gasteiger partial charge in [-0.25, -0.2) is 0 Å². The molecule has 0 bridgehead atoms. The Morgan fingerprint density at radius 2 is 1.72 bits per heavy atom. The second kappa shape index (κ2) is 8.83. The van der Waals surface area contributed by atoms with Crippen LogP contribution in [-0.2, 0) is 11.3 Å². The Morgan fingerprint density at radius 1 is 1.08 bits per heavy atom. The van der Waals surface area contributed by atoms with Crippen LogP contribution in [0.25, 0.3) is 0 Å². The fourth-order valence-electron chi connectivity index (χ4n) is 2.12. The third-order valence-corrected chi connectivity index (χ3v) is 3.98. The minimum atomic E-state index is -0.717. The Bertz CT molecular complexity index is 730. The van der Waals surface area contributed by atoms with E-state index in [2.05, 4.69) is 5.32 Å². The molecular formula is C18H19Cl2NO4. The van der Waals surface area contributed by atoms with Crippen LogP contribution in [0.5, 0.6) is 17.2 Å². The molecular weight excluding hydrogens is 365 g/mol. The molecule has 0 radical (unpaired) electrons. The van der Waals surface area contributed by atoms with Gasteiger partial charge in [0, 0.05) is 17.6 Å². The monoisotopic (exact) mass is 383 g/mol. The van der Waals surface area contributed by atoms with Crippen molar-refractivity contribution in [2.75, 3.05) is 14.2 Å². The summed E-state index contributed by atoms with van der Waals surface area (Å²) in [6.45, 7) is 1.96. The average Bonchev–Trinajstić information content (AvgIpc) is 2.61. The first-order valence-corrected chi connectivity index (χ1v) is 8.30. The lowest BCUT2D eigenvalue weighted by Crippen LogP contribution is -2.35. The smallest absolute Gasteiger partial charge is 0.261 e. The topological polar surface area (TPSA) is 56.8 Å². The van der Waals surface area contributed by atoms with Crippen LogP contribution in [0.15, 0.2) is 36.4 Å². The van der Waals surface area contributed by atoms with Crippen LogP contribution in [-0.4, -0.2) is 26.2 Å². The van der Waals surface area contributed by atoms with E-state index in [0.717, 1.165) is 5.56 Å². The van der Waals surface area contributed by atoms with Gasteiger partial charge in [0.2, 0.25) is 0 Å². The van der Waals surface area contributed by atoms with Crippen molar-refractivity contribution in [2.24, 2.45) is 0 Å². The summed E-state index contributed by atoms with van der Waals surface area (Å²) < 4.78 is 16.0. The molecule has 1 amide bonds. The molecule has 2 aromatic carbocycles. The number of halogens is 2. The van der Waals surface area contributed by atoms with Crippen LogP contribution >= 0.6 is 23.2 Å². The van der Waals surface area contributed by atoms with Crippen molar-refractivity contribution >= 4 is 29.1 Å². The van der Waals surface area contributed by atoms with Gasteiger partial charge >= 0.3 is 0 Å². The maximum absolute atomic E-state index is 12.2. The predicted octanol–water partition coefficient (Wildman–Crippen LogP) is 4.09. The molecule has 0 aliphatic heterocycles. The summed E-state index contributed by atoms with van der Waals surface area (Å²) >= 11 is 11.9. The number of nitrogens with one attached hydrogen (secondary N) is 1. The second-order valence-corrected chi connectivity index (χ2v) is 6.12. The molecule has 1 unspecified atom stereocenters. The highest BCUT2D eigenvalue weighted by atomic mass is 35.5. The normalized spacial score (nSPS) is 11.6. The summed E-state index contributed by atoms with van der Waals surface area (Å²) in [6.07, 6.45) is -0.717. The number of ether oxygens (including phenoxy) is 3. The highest BCUT2D eigenvalue weighted by molar-refractivity contribution is 6.35. The van der Waals surface area contributed by atoms with Crippen molar-refractivity contribution in [1.82, 2.24) is 5.32 Å². The molecule has 0 heterocycles. The molecule has 0 aliphatic rings. The number of carbonyl (C=O) groups is 1. The van der Waals surface area contributed by atoms with E-state index in [1.807, 2.05) is 12.1 Å². The molecule has 25 heavy (non-hydrogen) atoms. The van der Waals surface area contributed by atoms with Crippen LogP contribution < -0.4 is 19.5 Å². The molecule has 0 saturated heterocycles. The van der Waals surface area contributed by atoms with Gasteiger partial charge in [-0.2, -0.15) is 0 Å². The van der Waals surface area contributed by atoms with Gasteiger partial charge in [0.1, 0.15) is 17.2 Å². The van der Waals surface area contributed by atoms with E-state index >= 15 is 0 Å². The van der Waals surface area contributed by atoms with E-state index in [0.29, 0.717) is 33.8 Å². The third kappa shape index (κ3) is 5.44. The number of methoxy groups -OCH3 is 2. The van der Waals surface area contributed by atoms with Crippen molar-refractivity contribution < 1.29 is 19.0 Å². The van der Waals surface area contributed by atoms with Gasteiger partial charge < -0.3 is 19.5 Å². The Balaban J connectivity index is 1.97. The van der Waals surface area contributed by atoms with Gasteiger partial charge in [-0.15, -0.1) is 0 Å². The second-order valence-electron chi connectivity index (χ2n) is 5.27. The molecule has 134 valence electrons. The van der Waals surface area contributed by atoms with Gasteiger partial charge in [-0.1, -0.05) is 23.2 Å². The number of amides is 1. The van der Waals surface area contributed by atoms with Crippen LogP contribution in [0, 0.1) is 0 Å². The van der Waals surface area contributed by atoms with Gasteiger partial charge in [-0.05, 0) is 42.8 Å². The van der Waals surface area contributed by atoms with Crippen molar-refractivity contribution in [2.45, 2.75) is 19.6 Å². The van der Waals surface area contributed by atoms with Crippen LogP contribution in [0.2, 0.25) is 10.0 Å². The van der Waals surface area contributed by atoms with Gasteiger partial charge in [0.15, 0.2) is 6.10 Å². The summed E-state index contributed by atoms with van der Waals surface area (Å²) in [5.74, 6) is 1.44. The minimum Gasteiger partial charge on any atom is -0.497 e. The number of hydrogen-bond donors (Lipinski definition) is 1. The SMILES string of the molecule is COc1cc(CNC(=O)C(C)Oc2ccc(Cl)cc2Cl)cc(OC)c1. The molecule has 5 nitrogen and oxygen atoms in total. The van der Waals surface area contributed by atoms with Crippen LogP contribution in [0.4, 0.5) is 0 Å². The summed E-state index contributed by atoms with van der Waals surface area (Å²) in [6, 6.07) is 10.2. The van der Waals surface area contributed by atoms with Crippen molar-refractivity contribution in [3.8, 4) is 17.2 Å². The molecule has 0 aromatic heterocycles. The molecule has 0 saturated carbocycles. The van der Waals surface area contributed by atoms with Crippen LogP contribution in [0.3, 0.4) is 0 Å². The summed E-state index contributed by atoms with van der Waals surface area (Å²) in [7, 11) is 3.14. The first-order chi connectivity index (χ1) is 11.9. The van der Waals surface area contributed by atoms with E-state index < -0.39 is 6.10 Å². The van der Waals surface area contributed by atoms with E-state index in [-0.39, 0.29) is 5.91 Å². The zero-order chi connectivity index (χ0) is 18.4. The molecule has 0 spiro atoms. The molecule has 0 aliphatic carbocycles. The van der Waals surface area contributed by atoms with E-state index in [1.54, 1.807) is 45.4 Å². The van der Waals surface area contributed by atoms with Crippen molar-refractivity contribution in [1.29, 1.82) is 0 Å². The van der Waals surface area contributed by atoms with Gasteiger partial charge in [-0.3, -0.25) is 4.79 Å². The predicted molar refractivity (Wildman–Crippen MR) is 97.9 cm³/mol. The lowest BCUT2D eigenvalue weighted by molar-refractivity contribution is -0.127. The number of rotatable bonds is 7. The maximum Gasteiger partial charge on any atom is 0.261 e. The number of hydrogen-bond acceptors (Lipinski definition) is 4. The average molecular weight is 384 g/mol. The van der Waals surface area contributed by atoms with Crippen molar-refractivity contribution in [3.63, 3.8) is 0 Å². The van der Waals surface area contributed by atoms with E-state index in [9.17, 15) is 4.79 Å². The minimum absolute atomic E-state index is 0.271. The van der Waals surface area contributed by atoms with Gasteiger partial charge in [0.05, 0.1) is 19.2 Å². The fraction of sp³-hybridized carbons (Fsp3) is 0.278. The molecule has 2 rings (SSSR count). The standard InChI is InChI=1S/C18H19Cl2NO4/c1-11(25-17-5-4-13(19)8-16(17)20)18(22)21-10-12-6-14(23-2)9-15(7-12)24-3/h4-9,11H,10H2,1-3H3,(H,21,22).